The number of Topliss-reactive ketones (excluding diaryl/α,β-unsaturated/α-hetero) is 2. The van der Waals surface area contributed by atoms with Crippen LogP contribution in [0.4, 0.5) is 5.69 Å². The van der Waals surface area contributed by atoms with Crippen LogP contribution in [0.15, 0.2) is 84.9 Å². The molecule has 4 unspecified atom stereocenters. The number of carbonyl (C=O) groups excluding carboxylic acids is 6. The summed E-state index contributed by atoms with van der Waals surface area (Å²) in [6.45, 7) is -0.188. The highest BCUT2D eigenvalue weighted by atomic mass is 16.5. The molecule has 0 bridgehead atoms. The Morgan fingerprint density at radius 2 is 1.73 bits per heavy atom. The lowest BCUT2D eigenvalue weighted by Gasteiger charge is -2.24. The SMILES string of the molecule is O=Cc1ccccc1C(=O)NCCOC(=O)c1ccc2c(c1)C(=O)C(c1ccc3cccc(N4C(=O)C5CC=CCC5C4O)c3n1)C2=O. The van der Waals surface area contributed by atoms with Gasteiger partial charge in [-0.15, -0.1) is 0 Å². The highest BCUT2D eigenvalue weighted by Crippen LogP contribution is 2.42. The summed E-state index contributed by atoms with van der Waals surface area (Å²) in [6, 6.07) is 19.0. The molecule has 2 heterocycles. The molecule has 2 amide bonds. The van der Waals surface area contributed by atoms with Gasteiger partial charge in [0.1, 0.15) is 18.8 Å². The average Bonchev–Trinajstić information content (AvgIpc) is 3.52. The van der Waals surface area contributed by atoms with E-state index in [-0.39, 0.29) is 64.4 Å². The molecule has 11 nitrogen and oxygen atoms in total. The second-order valence-electron chi connectivity index (χ2n) is 11.9. The zero-order valence-electron chi connectivity index (χ0n) is 25.5. The minimum atomic E-state index is -1.25. The fourth-order valence-corrected chi connectivity index (χ4v) is 6.79. The zero-order chi connectivity index (χ0) is 33.5. The van der Waals surface area contributed by atoms with E-state index in [4.69, 9.17) is 9.72 Å². The second-order valence-corrected chi connectivity index (χ2v) is 11.9. The van der Waals surface area contributed by atoms with Crippen LogP contribution in [0.2, 0.25) is 0 Å². The Morgan fingerprint density at radius 3 is 2.54 bits per heavy atom. The summed E-state index contributed by atoms with van der Waals surface area (Å²) in [7, 11) is 0. The molecule has 48 heavy (non-hydrogen) atoms. The number of ketones is 2. The molecule has 3 aliphatic rings. The standard InChI is InChI=1S/C37H29N3O8/c41-19-22-6-1-2-8-23(22)34(44)38-16-17-48-37(47)21-12-14-24-27(18-21)33(43)30(32(24)42)28-15-13-20-7-5-11-29(31(20)39-28)40-35(45)25-9-3-4-10-26(25)36(40)46/h1-8,11-15,18-19,25-26,30,35,45H,9-10,16-17H2,(H,38,44). The van der Waals surface area contributed by atoms with E-state index in [0.717, 1.165) is 0 Å². The summed E-state index contributed by atoms with van der Waals surface area (Å²) < 4.78 is 5.28. The van der Waals surface area contributed by atoms with Gasteiger partial charge in [0, 0.05) is 39.5 Å². The number of aliphatic hydroxyl groups is 1. The lowest BCUT2D eigenvalue weighted by Crippen LogP contribution is -2.35. The number of pyridine rings is 1. The van der Waals surface area contributed by atoms with E-state index in [1.54, 1.807) is 42.5 Å². The molecule has 2 aliphatic carbocycles. The molecule has 0 saturated carbocycles. The number of allylic oxidation sites excluding steroid dienone is 2. The smallest absolute Gasteiger partial charge is 0.338 e. The summed E-state index contributed by atoms with van der Waals surface area (Å²) >= 11 is 0. The number of aldehydes is 1. The molecular weight excluding hydrogens is 614 g/mol. The van der Waals surface area contributed by atoms with Gasteiger partial charge in [0.05, 0.1) is 29.0 Å². The van der Waals surface area contributed by atoms with Crippen molar-refractivity contribution < 1.29 is 38.6 Å². The van der Waals surface area contributed by atoms with Gasteiger partial charge in [-0.3, -0.25) is 28.9 Å². The maximum absolute atomic E-state index is 13.7. The van der Waals surface area contributed by atoms with Gasteiger partial charge in [-0.25, -0.2) is 9.78 Å². The molecule has 4 atom stereocenters. The number of ether oxygens (including phenoxy) is 1. The van der Waals surface area contributed by atoms with Crippen LogP contribution in [0.3, 0.4) is 0 Å². The van der Waals surface area contributed by atoms with E-state index in [2.05, 4.69) is 5.32 Å². The van der Waals surface area contributed by atoms with Gasteiger partial charge >= 0.3 is 5.97 Å². The molecule has 3 aromatic carbocycles. The predicted molar refractivity (Wildman–Crippen MR) is 173 cm³/mol. The Bertz CT molecular complexity index is 2070. The Hall–Kier alpha value is -5.81. The Labute approximate surface area is 274 Å². The van der Waals surface area contributed by atoms with Crippen molar-refractivity contribution in [1.29, 1.82) is 0 Å². The number of hydrogen-bond donors (Lipinski definition) is 2. The van der Waals surface area contributed by atoms with Crippen LogP contribution >= 0.6 is 0 Å². The predicted octanol–water partition coefficient (Wildman–Crippen LogP) is 4.04. The fraction of sp³-hybridized carbons (Fsp3) is 0.216. The van der Waals surface area contributed by atoms with Gasteiger partial charge in [-0.1, -0.05) is 48.6 Å². The summed E-state index contributed by atoms with van der Waals surface area (Å²) in [5.41, 5.74) is 1.69. The molecule has 11 heteroatoms. The first kappa shape index (κ1) is 30.8. The Balaban J connectivity index is 1.07. The van der Waals surface area contributed by atoms with Crippen LogP contribution in [0, 0.1) is 11.8 Å². The topological polar surface area (TPSA) is 160 Å². The first-order valence-corrected chi connectivity index (χ1v) is 15.6. The monoisotopic (exact) mass is 643 g/mol. The first-order valence-electron chi connectivity index (χ1n) is 15.6. The van der Waals surface area contributed by atoms with Crippen molar-refractivity contribution in [2.24, 2.45) is 11.8 Å². The van der Waals surface area contributed by atoms with E-state index in [9.17, 15) is 33.9 Å². The quantitative estimate of drug-likeness (QED) is 0.0950. The summed E-state index contributed by atoms with van der Waals surface area (Å²) in [5.74, 6) is -4.24. The number of carbonyl (C=O) groups is 6. The normalized spacial score (nSPS) is 21.3. The van der Waals surface area contributed by atoms with Crippen molar-refractivity contribution in [1.82, 2.24) is 10.3 Å². The Morgan fingerprint density at radius 1 is 0.938 bits per heavy atom. The van der Waals surface area contributed by atoms with E-state index in [0.29, 0.717) is 35.7 Å². The van der Waals surface area contributed by atoms with E-state index in [1.807, 2.05) is 12.2 Å². The van der Waals surface area contributed by atoms with Gasteiger partial charge in [0.15, 0.2) is 17.9 Å². The number of esters is 1. The molecule has 7 rings (SSSR count). The maximum Gasteiger partial charge on any atom is 0.338 e. The minimum absolute atomic E-state index is 0.0178. The molecule has 1 aliphatic heterocycles. The van der Waals surface area contributed by atoms with Crippen molar-refractivity contribution in [3.05, 3.63) is 118 Å². The summed E-state index contributed by atoms with van der Waals surface area (Å²) in [4.78, 5) is 83.1. The zero-order valence-corrected chi connectivity index (χ0v) is 25.5. The van der Waals surface area contributed by atoms with Crippen molar-refractivity contribution in [2.75, 3.05) is 18.1 Å². The molecule has 0 radical (unpaired) electrons. The van der Waals surface area contributed by atoms with Crippen LogP contribution in [0.1, 0.15) is 76.2 Å². The lowest BCUT2D eigenvalue weighted by molar-refractivity contribution is -0.121. The number of rotatable bonds is 8. The van der Waals surface area contributed by atoms with E-state index >= 15 is 0 Å². The van der Waals surface area contributed by atoms with E-state index in [1.165, 1.54) is 35.2 Å². The molecule has 4 aromatic rings. The number of hydrogen-bond acceptors (Lipinski definition) is 9. The maximum atomic E-state index is 13.7. The van der Waals surface area contributed by atoms with Crippen molar-refractivity contribution in [3.63, 3.8) is 0 Å². The third kappa shape index (κ3) is 5.18. The number of nitrogens with one attached hydrogen (secondary N) is 1. The number of aromatic nitrogens is 1. The van der Waals surface area contributed by atoms with Crippen LogP contribution in [0.5, 0.6) is 0 Å². The van der Waals surface area contributed by atoms with Gasteiger partial charge in [0.2, 0.25) is 5.91 Å². The van der Waals surface area contributed by atoms with Gasteiger partial charge in [-0.05, 0) is 49.2 Å². The molecular formula is C37H29N3O8. The van der Waals surface area contributed by atoms with Crippen molar-refractivity contribution in [2.45, 2.75) is 25.0 Å². The summed E-state index contributed by atoms with van der Waals surface area (Å²) in [6.07, 6.45) is 4.61. The number of anilines is 1. The number of amides is 2. The number of para-hydroxylation sites is 1. The van der Waals surface area contributed by atoms with Crippen LogP contribution < -0.4 is 10.2 Å². The lowest BCUT2D eigenvalue weighted by atomic mass is 9.85. The van der Waals surface area contributed by atoms with Gasteiger partial charge in [-0.2, -0.15) is 0 Å². The largest absolute Gasteiger partial charge is 0.460 e. The van der Waals surface area contributed by atoms with E-state index < -0.39 is 35.6 Å². The third-order valence-corrected chi connectivity index (χ3v) is 9.22. The van der Waals surface area contributed by atoms with Crippen LogP contribution in [-0.4, -0.2) is 65.1 Å². The van der Waals surface area contributed by atoms with Gasteiger partial charge in [0.25, 0.3) is 5.91 Å². The van der Waals surface area contributed by atoms with Crippen molar-refractivity contribution in [3.8, 4) is 0 Å². The number of nitrogens with zero attached hydrogens (tertiary/aromatic N) is 2. The van der Waals surface area contributed by atoms with Gasteiger partial charge < -0.3 is 15.2 Å². The van der Waals surface area contributed by atoms with Crippen molar-refractivity contribution >= 4 is 52.2 Å². The minimum Gasteiger partial charge on any atom is -0.460 e. The summed E-state index contributed by atoms with van der Waals surface area (Å²) in [5, 5.41) is 14.4. The number of fused-ring (bicyclic) bond motifs is 3. The average molecular weight is 644 g/mol. The molecule has 240 valence electrons. The van der Waals surface area contributed by atoms with Crippen LogP contribution in [0.25, 0.3) is 10.9 Å². The molecule has 1 saturated heterocycles. The molecule has 1 fully saturated rings. The Kier molecular flexibility index (Phi) is 7.98. The third-order valence-electron chi connectivity index (χ3n) is 9.22. The number of aliphatic hydroxyl groups excluding tert-OH is 1. The second kappa shape index (κ2) is 12.4. The number of benzene rings is 3. The highest BCUT2D eigenvalue weighted by molar-refractivity contribution is 6.30. The highest BCUT2D eigenvalue weighted by Gasteiger charge is 2.48. The molecule has 2 N–H and O–H groups in total. The van der Waals surface area contributed by atoms with Crippen LogP contribution in [-0.2, 0) is 9.53 Å². The first-order chi connectivity index (χ1) is 23.3. The fourth-order valence-electron chi connectivity index (χ4n) is 6.79. The molecule has 0 spiro atoms. The molecule has 1 aromatic heterocycles.